The molecule has 0 radical (unpaired) electrons. The second kappa shape index (κ2) is 6.20. The Morgan fingerprint density at radius 1 is 1.21 bits per heavy atom. The van der Waals surface area contributed by atoms with Crippen molar-refractivity contribution in [3.05, 3.63) is 53.3 Å². The third-order valence-corrected chi connectivity index (χ3v) is 2.89. The van der Waals surface area contributed by atoms with Gasteiger partial charge < -0.3 is 14.6 Å². The van der Waals surface area contributed by atoms with E-state index >= 15 is 0 Å². The van der Waals surface area contributed by atoms with E-state index in [-0.39, 0.29) is 6.61 Å². The molecule has 1 N–H and O–H groups in total. The zero-order chi connectivity index (χ0) is 13.7. The summed E-state index contributed by atoms with van der Waals surface area (Å²) in [6.45, 7) is 2.34. The summed E-state index contributed by atoms with van der Waals surface area (Å²) >= 11 is 0. The van der Waals surface area contributed by atoms with Crippen LogP contribution in [0.2, 0.25) is 0 Å². The van der Waals surface area contributed by atoms with Gasteiger partial charge in [-0.25, -0.2) is 0 Å². The van der Waals surface area contributed by atoms with E-state index in [1.165, 1.54) is 0 Å². The van der Waals surface area contributed by atoms with Gasteiger partial charge in [0, 0.05) is 6.20 Å². The second-order valence-electron chi connectivity index (χ2n) is 4.20. The van der Waals surface area contributed by atoms with Crippen LogP contribution in [-0.4, -0.2) is 17.2 Å². The minimum atomic E-state index is -0.0248. The molecule has 0 aliphatic carbocycles. The van der Waals surface area contributed by atoms with Crippen molar-refractivity contribution in [1.82, 2.24) is 4.98 Å². The Kier molecular flexibility index (Phi) is 4.36. The van der Waals surface area contributed by atoms with Gasteiger partial charge in [0.05, 0.1) is 19.4 Å². The summed E-state index contributed by atoms with van der Waals surface area (Å²) < 4.78 is 11.0. The Balaban J connectivity index is 2.16. The minimum Gasteiger partial charge on any atom is -0.493 e. The van der Waals surface area contributed by atoms with Gasteiger partial charge in [0.1, 0.15) is 6.61 Å². The first-order valence-corrected chi connectivity index (χ1v) is 6.05. The number of methoxy groups -OCH3 is 1. The van der Waals surface area contributed by atoms with Crippen LogP contribution in [0.15, 0.2) is 36.5 Å². The quantitative estimate of drug-likeness (QED) is 0.896. The van der Waals surface area contributed by atoms with Crippen LogP contribution in [0.4, 0.5) is 0 Å². The van der Waals surface area contributed by atoms with E-state index in [1.54, 1.807) is 31.5 Å². The second-order valence-corrected chi connectivity index (χ2v) is 4.20. The fraction of sp³-hybridized carbons (Fsp3) is 0.267. The molecule has 100 valence electrons. The van der Waals surface area contributed by atoms with Crippen molar-refractivity contribution < 1.29 is 14.6 Å². The Labute approximate surface area is 112 Å². The normalized spacial score (nSPS) is 10.3. The molecule has 1 aromatic heterocycles. The molecule has 0 saturated carbocycles. The molecule has 0 atom stereocenters. The third-order valence-electron chi connectivity index (χ3n) is 2.89. The highest BCUT2D eigenvalue weighted by Crippen LogP contribution is 2.28. The average molecular weight is 259 g/mol. The molecule has 0 saturated heterocycles. The van der Waals surface area contributed by atoms with Crippen molar-refractivity contribution in [2.45, 2.75) is 20.1 Å². The van der Waals surface area contributed by atoms with Gasteiger partial charge in [-0.1, -0.05) is 12.1 Å². The van der Waals surface area contributed by atoms with E-state index in [2.05, 4.69) is 4.98 Å². The predicted octanol–water partition coefficient (Wildman–Crippen LogP) is 2.47. The smallest absolute Gasteiger partial charge is 0.162 e. The molecule has 0 bridgehead atoms. The predicted molar refractivity (Wildman–Crippen MR) is 72.2 cm³/mol. The maximum atomic E-state index is 9.15. The lowest BCUT2D eigenvalue weighted by atomic mass is 10.2. The molecule has 0 amide bonds. The molecule has 0 spiro atoms. The number of ether oxygens (including phenoxy) is 2. The number of rotatable bonds is 5. The highest BCUT2D eigenvalue weighted by atomic mass is 16.5. The lowest BCUT2D eigenvalue weighted by Crippen LogP contribution is -2.02. The summed E-state index contributed by atoms with van der Waals surface area (Å²) in [5.74, 6) is 1.25. The molecule has 0 aliphatic rings. The molecule has 19 heavy (non-hydrogen) atoms. The van der Waals surface area contributed by atoms with Crippen LogP contribution in [-0.2, 0) is 13.2 Å². The van der Waals surface area contributed by atoms with Gasteiger partial charge in [0.15, 0.2) is 11.5 Å². The summed E-state index contributed by atoms with van der Waals surface area (Å²) in [5.41, 5.74) is 2.76. The number of hydrogen-bond donors (Lipinski definition) is 1. The van der Waals surface area contributed by atoms with Crippen molar-refractivity contribution in [3.8, 4) is 11.5 Å². The van der Waals surface area contributed by atoms with Crippen molar-refractivity contribution in [2.75, 3.05) is 7.11 Å². The Bertz CT molecular complexity index is 555. The maximum absolute atomic E-state index is 9.15. The molecular weight excluding hydrogens is 242 g/mol. The van der Waals surface area contributed by atoms with E-state index < -0.39 is 0 Å². The summed E-state index contributed by atoms with van der Waals surface area (Å²) in [5, 5.41) is 9.15. The van der Waals surface area contributed by atoms with E-state index in [4.69, 9.17) is 14.6 Å². The van der Waals surface area contributed by atoms with Gasteiger partial charge in [0.25, 0.3) is 0 Å². The Morgan fingerprint density at radius 2 is 2.05 bits per heavy atom. The first kappa shape index (κ1) is 13.4. The topological polar surface area (TPSA) is 51.6 Å². The SMILES string of the molecule is COc1ccc(CO)cc1OCc1ncccc1C. The standard InChI is InChI=1S/C15H17NO3/c1-11-4-3-7-16-13(11)10-19-15-8-12(9-17)5-6-14(15)18-2/h3-8,17H,9-10H2,1-2H3. The number of nitrogens with zero attached hydrogens (tertiary/aromatic N) is 1. The average Bonchev–Trinajstić information content (AvgIpc) is 2.46. The third kappa shape index (κ3) is 3.23. The van der Waals surface area contributed by atoms with Crippen molar-refractivity contribution >= 4 is 0 Å². The van der Waals surface area contributed by atoms with Gasteiger partial charge >= 0.3 is 0 Å². The Morgan fingerprint density at radius 3 is 2.74 bits per heavy atom. The molecule has 1 heterocycles. The zero-order valence-electron chi connectivity index (χ0n) is 11.1. The van der Waals surface area contributed by atoms with Crippen LogP contribution < -0.4 is 9.47 Å². The van der Waals surface area contributed by atoms with Crippen LogP contribution in [0.25, 0.3) is 0 Å². The number of aryl methyl sites for hydroxylation is 1. The molecule has 2 aromatic rings. The highest BCUT2D eigenvalue weighted by Gasteiger charge is 2.07. The van der Waals surface area contributed by atoms with Crippen molar-refractivity contribution in [2.24, 2.45) is 0 Å². The van der Waals surface area contributed by atoms with E-state index in [0.29, 0.717) is 18.1 Å². The number of aliphatic hydroxyl groups is 1. The van der Waals surface area contributed by atoms with Gasteiger partial charge in [0.2, 0.25) is 0 Å². The maximum Gasteiger partial charge on any atom is 0.162 e. The van der Waals surface area contributed by atoms with Crippen LogP contribution in [0.3, 0.4) is 0 Å². The Hall–Kier alpha value is -2.07. The molecule has 0 aliphatic heterocycles. The molecule has 4 nitrogen and oxygen atoms in total. The van der Waals surface area contributed by atoms with Gasteiger partial charge in [-0.05, 0) is 36.2 Å². The van der Waals surface area contributed by atoms with Gasteiger partial charge in [-0.3, -0.25) is 4.98 Å². The largest absolute Gasteiger partial charge is 0.493 e. The first-order chi connectivity index (χ1) is 9.24. The summed E-state index contributed by atoms with van der Waals surface area (Å²) in [6.07, 6.45) is 1.74. The first-order valence-electron chi connectivity index (χ1n) is 6.05. The zero-order valence-corrected chi connectivity index (χ0v) is 11.1. The minimum absolute atomic E-state index is 0.0248. The van der Waals surface area contributed by atoms with Gasteiger partial charge in [-0.15, -0.1) is 0 Å². The molecule has 0 unspecified atom stereocenters. The number of pyridine rings is 1. The number of aliphatic hydroxyl groups excluding tert-OH is 1. The van der Waals surface area contributed by atoms with Crippen molar-refractivity contribution in [1.29, 1.82) is 0 Å². The van der Waals surface area contributed by atoms with Crippen LogP contribution in [0.5, 0.6) is 11.5 Å². The lowest BCUT2D eigenvalue weighted by Gasteiger charge is -2.12. The fourth-order valence-electron chi connectivity index (χ4n) is 1.75. The van der Waals surface area contributed by atoms with E-state index in [0.717, 1.165) is 16.8 Å². The van der Waals surface area contributed by atoms with Crippen LogP contribution in [0.1, 0.15) is 16.8 Å². The van der Waals surface area contributed by atoms with Crippen LogP contribution in [0, 0.1) is 6.92 Å². The van der Waals surface area contributed by atoms with E-state index in [1.807, 2.05) is 19.1 Å². The van der Waals surface area contributed by atoms with Crippen molar-refractivity contribution in [3.63, 3.8) is 0 Å². The summed E-state index contributed by atoms with van der Waals surface area (Å²) in [6, 6.07) is 9.25. The number of benzene rings is 1. The van der Waals surface area contributed by atoms with Crippen LogP contribution >= 0.6 is 0 Å². The fourth-order valence-corrected chi connectivity index (χ4v) is 1.75. The molecule has 1 aromatic carbocycles. The van der Waals surface area contributed by atoms with E-state index in [9.17, 15) is 0 Å². The number of hydrogen-bond acceptors (Lipinski definition) is 4. The molecule has 2 rings (SSSR count). The molecule has 0 fully saturated rings. The summed E-state index contributed by atoms with van der Waals surface area (Å²) in [7, 11) is 1.59. The molecule has 4 heteroatoms. The number of aromatic nitrogens is 1. The summed E-state index contributed by atoms with van der Waals surface area (Å²) in [4.78, 5) is 4.28. The highest BCUT2D eigenvalue weighted by molar-refractivity contribution is 5.42. The van der Waals surface area contributed by atoms with Gasteiger partial charge in [-0.2, -0.15) is 0 Å². The lowest BCUT2D eigenvalue weighted by molar-refractivity contribution is 0.269. The monoisotopic (exact) mass is 259 g/mol. The molecular formula is C15H17NO3.